The molecule has 5 nitrogen and oxygen atoms in total. The molecule has 0 aromatic heterocycles. The average Bonchev–Trinajstić information content (AvgIpc) is 2.50. The lowest BCUT2D eigenvalue weighted by Gasteiger charge is -2.38. The Labute approximate surface area is 135 Å². The minimum Gasteiger partial charge on any atom is -0.295 e. The van der Waals surface area contributed by atoms with E-state index in [2.05, 4.69) is 15.6 Å². The Morgan fingerprint density at radius 3 is 2.17 bits per heavy atom. The van der Waals surface area contributed by atoms with Gasteiger partial charge in [0.25, 0.3) is 0 Å². The molecule has 1 saturated heterocycles. The molecular weight excluding hydrogens is 297 g/mol. The monoisotopic (exact) mass is 319 g/mol. The molecule has 1 aliphatic heterocycles. The summed E-state index contributed by atoms with van der Waals surface area (Å²) in [5, 5.41) is 5.35. The van der Waals surface area contributed by atoms with Gasteiger partial charge in [-0.05, 0) is 43.0 Å². The number of hydrogen-bond donors (Lipinski definition) is 2. The summed E-state index contributed by atoms with van der Waals surface area (Å²) in [6, 6.07) is 5.49. The Kier molecular flexibility index (Phi) is 5.13. The normalized spacial score (nSPS) is 22.3. The maximum atomic E-state index is 12.9. The van der Waals surface area contributed by atoms with Crippen molar-refractivity contribution in [2.75, 3.05) is 0 Å². The minimum absolute atomic E-state index is 0.0649. The van der Waals surface area contributed by atoms with Crippen LogP contribution in [0.1, 0.15) is 40.0 Å². The van der Waals surface area contributed by atoms with Crippen molar-refractivity contribution in [1.82, 2.24) is 10.6 Å². The molecule has 124 valence electrons. The van der Waals surface area contributed by atoms with Crippen LogP contribution in [0.4, 0.5) is 10.1 Å². The first kappa shape index (κ1) is 17.1. The van der Waals surface area contributed by atoms with Crippen LogP contribution in [0, 0.1) is 17.2 Å². The van der Waals surface area contributed by atoms with Crippen LogP contribution in [0.3, 0.4) is 0 Å². The molecule has 2 amide bonds. The largest absolute Gasteiger partial charge is 0.295 e. The van der Waals surface area contributed by atoms with Gasteiger partial charge in [-0.2, -0.15) is 0 Å². The molecule has 0 saturated carbocycles. The summed E-state index contributed by atoms with van der Waals surface area (Å²) in [4.78, 5) is 29.4. The molecule has 1 fully saturated rings. The van der Waals surface area contributed by atoms with E-state index < -0.39 is 5.41 Å². The van der Waals surface area contributed by atoms with Gasteiger partial charge in [-0.1, -0.05) is 27.2 Å². The SMILES string of the molecule is CCC[C@H](C)C1(CC)C(=O)NC(=Nc2ccc(F)cc2)NC1=O. The molecule has 1 aromatic rings. The van der Waals surface area contributed by atoms with Gasteiger partial charge in [0.15, 0.2) is 0 Å². The molecule has 0 unspecified atom stereocenters. The molecule has 6 heteroatoms. The van der Waals surface area contributed by atoms with Gasteiger partial charge >= 0.3 is 0 Å². The predicted octanol–water partition coefficient (Wildman–Crippen LogP) is 2.89. The highest BCUT2D eigenvalue weighted by molar-refractivity contribution is 6.20. The second-order valence-electron chi connectivity index (χ2n) is 5.86. The van der Waals surface area contributed by atoms with Crippen molar-refractivity contribution in [3.05, 3.63) is 30.1 Å². The van der Waals surface area contributed by atoms with E-state index in [9.17, 15) is 14.0 Å². The first-order chi connectivity index (χ1) is 10.9. The predicted molar refractivity (Wildman–Crippen MR) is 86.6 cm³/mol. The van der Waals surface area contributed by atoms with E-state index in [-0.39, 0.29) is 29.5 Å². The molecule has 0 bridgehead atoms. The number of halogens is 1. The first-order valence-electron chi connectivity index (χ1n) is 7.91. The van der Waals surface area contributed by atoms with E-state index in [4.69, 9.17) is 0 Å². The van der Waals surface area contributed by atoms with Crippen molar-refractivity contribution in [2.45, 2.75) is 40.0 Å². The summed E-state index contributed by atoms with van der Waals surface area (Å²) >= 11 is 0. The van der Waals surface area contributed by atoms with Crippen LogP contribution >= 0.6 is 0 Å². The summed E-state index contributed by atoms with van der Waals surface area (Å²) in [6.45, 7) is 5.79. The second-order valence-corrected chi connectivity index (χ2v) is 5.86. The zero-order chi connectivity index (χ0) is 17.0. The smallest absolute Gasteiger partial charge is 0.242 e. The number of aliphatic imine (C=N–C) groups is 1. The highest BCUT2D eigenvalue weighted by Crippen LogP contribution is 2.36. The molecule has 0 aliphatic carbocycles. The lowest BCUT2D eigenvalue weighted by molar-refractivity contribution is -0.147. The van der Waals surface area contributed by atoms with Gasteiger partial charge in [-0.15, -0.1) is 0 Å². The molecule has 2 N–H and O–H groups in total. The maximum Gasteiger partial charge on any atom is 0.242 e. The van der Waals surface area contributed by atoms with Crippen LogP contribution in [-0.4, -0.2) is 17.8 Å². The zero-order valence-corrected chi connectivity index (χ0v) is 13.6. The van der Waals surface area contributed by atoms with E-state index in [1.54, 1.807) is 0 Å². The van der Waals surface area contributed by atoms with Crippen molar-refractivity contribution in [1.29, 1.82) is 0 Å². The molecule has 23 heavy (non-hydrogen) atoms. The number of guanidine groups is 1. The van der Waals surface area contributed by atoms with Crippen LogP contribution < -0.4 is 10.6 Å². The Bertz CT molecular complexity index is 605. The van der Waals surface area contributed by atoms with Gasteiger partial charge < -0.3 is 0 Å². The minimum atomic E-state index is -1.07. The molecule has 0 spiro atoms. The third-order valence-corrected chi connectivity index (χ3v) is 4.46. The number of carbonyl (C=O) groups is 2. The van der Waals surface area contributed by atoms with E-state index >= 15 is 0 Å². The van der Waals surface area contributed by atoms with Crippen molar-refractivity contribution in [3.63, 3.8) is 0 Å². The fraction of sp³-hybridized carbons (Fsp3) is 0.471. The Hall–Kier alpha value is -2.24. The van der Waals surface area contributed by atoms with Gasteiger partial charge in [0, 0.05) is 0 Å². The topological polar surface area (TPSA) is 70.6 Å². The van der Waals surface area contributed by atoms with Crippen molar-refractivity contribution in [3.8, 4) is 0 Å². The van der Waals surface area contributed by atoms with Gasteiger partial charge in [0.2, 0.25) is 17.8 Å². The maximum absolute atomic E-state index is 12.9. The Balaban J connectivity index is 2.26. The Morgan fingerprint density at radius 2 is 1.70 bits per heavy atom. The van der Waals surface area contributed by atoms with Crippen molar-refractivity contribution >= 4 is 23.5 Å². The number of nitrogens with zero attached hydrogens (tertiary/aromatic N) is 1. The molecule has 0 radical (unpaired) electrons. The molecule has 1 aliphatic rings. The fourth-order valence-corrected chi connectivity index (χ4v) is 3.07. The Morgan fingerprint density at radius 1 is 1.13 bits per heavy atom. The number of benzene rings is 1. The van der Waals surface area contributed by atoms with E-state index in [1.807, 2.05) is 20.8 Å². The third kappa shape index (κ3) is 3.25. The standard InChI is InChI=1S/C17H22FN3O2/c1-4-6-11(3)17(5-2)14(22)20-16(21-15(17)23)19-13-9-7-12(18)8-10-13/h7-11H,4-6H2,1-3H3,(H2,19,20,21,22,23)/t11-/m0/s1. The second kappa shape index (κ2) is 6.89. The van der Waals surface area contributed by atoms with Crippen molar-refractivity contribution < 1.29 is 14.0 Å². The zero-order valence-electron chi connectivity index (χ0n) is 13.6. The lowest BCUT2D eigenvalue weighted by atomic mass is 9.70. The van der Waals surface area contributed by atoms with Crippen LogP contribution in [0.2, 0.25) is 0 Å². The number of amides is 2. The highest BCUT2D eigenvalue weighted by atomic mass is 19.1. The van der Waals surface area contributed by atoms with Crippen molar-refractivity contribution in [2.24, 2.45) is 16.3 Å². The van der Waals surface area contributed by atoms with Gasteiger partial charge in [-0.3, -0.25) is 20.2 Å². The third-order valence-electron chi connectivity index (χ3n) is 4.46. The van der Waals surface area contributed by atoms with Crippen LogP contribution in [0.25, 0.3) is 0 Å². The lowest BCUT2D eigenvalue weighted by Crippen LogP contribution is -2.64. The first-order valence-corrected chi connectivity index (χ1v) is 7.91. The number of hydrogen-bond acceptors (Lipinski definition) is 3. The van der Waals surface area contributed by atoms with Crippen LogP contribution in [0.15, 0.2) is 29.3 Å². The van der Waals surface area contributed by atoms with Gasteiger partial charge in [0.1, 0.15) is 11.2 Å². The number of nitrogens with one attached hydrogen (secondary N) is 2. The summed E-state index contributed by atoms with van der Waals surface area (Å²) in [7, 11) is 0. The number of carbonyl (C=O) groups excluding carboxylic acids is 2. The molecule has 2 rings (SSSR count). The molecule has 1 heterocycles. The van der Waals surface area contributed by atoms with Gasteiger partial charge in [0.05, 0.1) is 5.69 Å². The summed E-state index contributed by atoms with van der Waals surface area (Å²) in [5.74, 6) is -1.01. The summed E-state index contributed by atoms with van der Waals surface area (Å²) in [5.41, 5.74) is -0.620. The van der Waals surface area contributed by atoms with Crippen LogP contribution in [-0.2, 0) is 9.59 Å². The highest BCUT2D eigenvalue weighted by Gasteiger charge is 2.51. The summed E-state index contributed by atoms with van der Waals surface area (Å²) < 4.78 is 12.9. The molecule has 1 aromatic carbocycles. The fourth-order valence-electron chi connectivity index (χ4n) is 3.07. The molecular formula is C17H22FN3O2. The molecule has 1 atom stereocenters. The van der Waals surface area contributed by atoms with E-state index in [0.29, 0.717) is 12.1 Å². The van der Waals surface area contributed by atoms with Gasteiger partial charge in [-0.25, -0.2) is 9.38 Å². The quantitative estimate of drug-likeness (QED) is 0.819. The number of rotatable bonds is 5. The van der Waals surface area contributed by atoms with E-state index in [1.165, 1.54) is 24.3 Å². The summed E-state index contributed by atoms with van der Waals surface area (Å²) in [6.07, 6.45) is 2.12. The van der Waals surface area contributed by atoms with Crippen LogP contribution in [0.5, 0.6) is 0 Å². The van der Waals surface area contributed by atoms with E-state index in [0.717, 1.165) is 12.8 Å². The average molecular weight is 319 g/mol.